The van der Waals surface area contributed by atoms with Crippen LogP contribution in [-0.2, 0) is 20.1 Å². The molecule has 0 spiro atoms. The van der Waals surface area contributed by atoms with Crippen molar-refractivity contribution in [2.24, 2.45) is 7.05 Å². The first-order valence-electron chi connectivity index (χ1n) is 7.18. The van der Waals surface area contributed by atoms with E-state index >= 15 is 0 Å². The third-order valence-electron chi connectivity index (χ3n) is 3.40. The molecule has 1 N–H and O–H groups in total. The molecule has 1 aromatic carbocycles. The first kappa shape index (κ1) is 15.9. The number of anilines is 1. The molecule has 0 fully saturated rings. The molecule has 0 atom stereocenters. The van der Waals surface area contributed by atoms with E-state index in [9.17, 15) is 4.79 Å². The Morgan fingerprint density at radius 1 is 1.27 bits per heavy atom. The summed E-state index contributed by atoms with van der Waals surface area (Å²) in [5.41, 5.74) is 3.21. The normalized spacial score (nSPS) is 10.4. The molecule has 1 aromatic heterocycles. The van der Waals surface area contributed by atoms with Crippen LogP contribution in [0, 0.1) is 0 Å². The lowest BCUT2D eigenvalue weighted by atomic mass is 10.2. The Morgan fingerprint density at radius 2 is 2.05 bits per heavy atom. The third-order valence-corrected chi connectivity index (χ3v) is 3.40. The van der Waals surface area contributed by atoms with Gasteiger partial charge < -0.3 is 15.1 Å². The Bertz CT molecular complexity index is 635. The van der Waals surface area contributed by atoms with Crippen molar-refractivity contribution in [1.29, 1.82) is 0 Å². The predicted molar refractivity (Wildman–Crippen MR) is 87.7 cm³/mol. The molecule has 6 heteroatoms. The second-order valence-corrected chi connectivity index (χ2v) is 5.60. The molecular weight excluding hydrogens is 278 g/mol. The SMILES string of the molecule is CN(Cc1cnn(C)c1)C(=O)NCc1cccc(N(C)C)c1. The van der Waals surface area contributed by atoms with E-state index in [4.69, 9.17) is 0 Å². The highest BCUT2D eigenvalue weighted by Crippen LogP contribution is 2.13. The quantitative estimate of drug-likeness (QED) is 0.916. The van der Waals surface area contributed by atoms with Gasteiger partial charge in [-0.2, -0.15) is 5.10 Å². The first-order valence-corrected chi connectivity index (χ1v) is 7.18. The summed E-state index contributed by atoms with van der Waals surface area (Å²) in [7, 11) is 7.64. The lowest BCUT2D eigenvalue weighted by Gasteiger charge is -2.18. The smallest absolute Gasteiger partial charge is 0.317 e. The fourth-order valence-corrected chi connectivity index (χ4v) is 2.16. The second kappa shape index (κ2) is 6.98. The van der Waals surface area contributed by atoms with Crippen LogP contribution in [0.4, 0.5) is 10.5 Å². The molecule has 2 aromatic rings. The average molecular weight is 301 g/mol. The molecule has 0 bridgehead atoms. The molecule has 0 aliphatic rings. The summed E-state index contributed by atoms with van der Waals surface area (Å²) in [6.45, 7) is 1.05. The summed E-state index contributed by atoms with van der Waals surface area (Å²) in [5, 5.41) is 7.04. The van der Waals surface area contributed by atoms with E-state index in [-0.39, 0.29) is 6.03 Å². The van der Waals surface area contributed by atoms with E-state index in [2.05, 4.69) is 16.5 Å². The van der Waals surface area contributed by atoms with Crippen molar-refractivity contribution >= 4 is 11.7 Å². The Hall–Kier alpha value is -2.50. The molecule has 0 aliphatic heterocycles. The molecule has 0 saturated heterocycles. The number of hydrogen-bond donors (Lipinski definition) is 1. The van der Waals surface area contributed by atoms with E-state index in [0.717, 1.165) is 16.8 Å². The minimum atomic E-state index is -0.0980. The van der Waals surface area contributed by atoms with Crippen molar-refractivity contribution in [2.75, 3.05) is 26.0 Å². The van der Waals surface area contributed by atoms with Crippen LogP contribution in [0.3, 0.4) is 0 Å². The van der Waals surface area contributed by atoms with Crippen LogP contribution in [0.15, 0.2) is 36.7 Å². The molecule has 22 heavy (non-hydrogen) atoms. The number of carbonyl (C=O) groups excluding carboxylic acids is 1. The van der Waals surface area contributed by atoms with Crippen LogP contribution in [-0.4, -0.2) is 41.9 Å². The van der Waals surface area contributed by atoms with Crippen molar-refractivity contribution in [3.8, 4) is 0 Å². The Balaban J connectivity index is 1.88. The van der Waals surface area contributed by atoms with Crippen LogP contribution >= 0.6 is 0 Å². The van der Waals surface area contributed by atoms with Gasteiger partial charge in [0.25, 0.3) is 0 Å². The number of carbonyl (C=O) groups is 1. The highest BCUT2D eigenvalue weighted by Gasteiger charge is 2.09. The van der Waals surface area contributed by atoms with Crippen LogP contribution in [0.25, 0.3) is 0 Å². The van der Waals surface area contributed by atoms with Crippen molar-refractivity contribution in [1.82, 2.24) is 20.0 Å². The van der Waals surface area contributed by atoms with E-state index in [1.165, 1.54) is 0 Å². The van der Waals surface area contributed by atoms with E-state index in [1.807, 2.05) is 50.4 Å². The lowest BCUT2D eigenvalue weighted by molar-refractivity contribution is 0.206. The summed E-state index contributed by atoms with van der Waals surface area (Å²) < 4.78 is 1.73. The van der Waals surface area contributed by atoms with Gasteiger partial charge in [-0.15, -0.1) is 0 Å². The number of aryl methyl sites for hydroxylation is 1. The number of nitrogens with one attached hydrogen (secondary N) is 1. The zero-order valence-corrected chi connectivity index (χ0v) is 13.6. The first-order chi connectivity index (χ1) is 10.5. The monoisotopic (exact) mass is 301 g/mol. The van der Waals surface area contributed by atoms with Crippen LogP contribution in [0.5, 0.6) is 0 Å². The van der Waals surface area contributed by atoms with Crippen LogP contribution < -0.4 is 10.2 Å². The van der Waals surface area contributed by atoms with Gasteiger partial charge in [-0.3, -0.25) is 4.68 Å². The molecule has 2 amide bonds. The number of amides is 2. The number of nitrogens with zero attached hydrogens (tertiary/aromatic N) is 4. The largest absolute Gasteiger partial charge is 0.378 e. The predicted octanol–water partition coefficient (Wildman–Crippen LogP) is 1.83. The van der Waals surface area contributed by atoms with Gasteiger partial charge in [0, 0.05) is 52.2 Å². The number of benzene rings is 1. The molecule has 118 valence electrons. The Kier molecular flexibility index (Phi) is 5.04. The van der Waals surface area contributed by atoms with Gasteiger partial charge in [0.15, 0.2) is 0 Å². The highest BCUT2D eigenvalue weighted by molar-refractivity contribution is 5.73. The third kappa shape index (κ3) is 4.25. The van der Waals surface area contributed by atoms with Gasteiger partial charge in [0.1, 0.15) is 0 Å². The second-order valence-electron chi connectivity index (χ2n) is 5.60. The molecule has 0 unspecified atom stereocenters. The summed E-state index contributed by atoms with van der Waals surface area (Å²) in [6, 6.07) is 8.02. The van der Waals surface area contributed by atoms with Crippen molar-refractivity contribution in [3.63, 3.8) is 0 Å². The summed E-state index contributed by atoms with van der Waals surface area (Å²) in [6.07, 6.45) is 3.68. The standard InChI is InChI=1S/C16H23N5O/c1-19(2)15-7-5-6-13(8-15)9-17-16(22)20(3)11-14-10-18-21(4)12-14/h5-8,10,12H,9,11H2,1-4H3,(H,17,22). The number of hydrogen-bond acceptors (Lipinski definition) is 3. The van der Waals surface area contributed by atoms with Crippen molar-refractivity contribution < 1.29 is 4.79 Å². The van der Waals surface area contributed by atoms with Crippen molar-refractivity contribution in [2.45, 2.75) is 13.1 Å². The summed E-state index contributed by atoms with van der Waals surface area (Å²) in [5.74, 6) is 0. The van der Waals surface area contributed by atoms with Gasteiger partial charge in [-0.05, 0) is 17.7 Å². The summed E-state index contributed by atoms with van der Waals surface area (Å²) in [4.78, 5) is 15.8. The molecule has 2 rings (SSSR count). The van der Waals surface area contributed by atoms with Gasteiger partial charge in [0.2, 0.25) is 0 Å². The molecule has 0 aliphatic carbocycles. The van der Waals surface area contributed by atoms with E-state index < -0.39 is 0 Å². The van der Waals surface area contributed by atoms with E-state index in [1.54, 1.807) is 22.8 Å². The maximum absolute atomic E-state index is 12.1. The minimum Gasteiger partial charge on any atom is -0.378 e. The van der Waals surface area contributed by atoms with Crippen LogP contribution in [0.2, 0.25) is 0 Å². The molecule has 6 nitrogen and oxygen atoms in total. The van der Waals surface area contributed by atoms with Gasteiger partial charge >= 0.3 is 6.03 Å². The van der Waals surface area contributed by atoms with Gasteiger partial charge in [-0.25, -0.2) is 4.79 Å². The fourth-order valence-electron chi connectivity index (χ4n) is 2.16. The number of rotatable bonds is 5. The van der Waals surface area contributed by atoms with Crippen molar-refractivity contribution in [3.05, 3.63) is 47.8 Å². The number of urea groups is 1. The minimum absolute atomic E-state index is 0.0980. The van der Waals surface area contributed by atoms with Gasteiger partial charge in [-0.1, -0.05) is 12.1 Å². The zero-order chi connectivity index (χ0) is 16.1. The lowest BCUT2D eigenvalue weighted by Crippen LogP contribution is -2.36. The molecule has 1 heterocycles. The fraction of sp³-hybridized carbons (Fsp3) is 0.375. The zero-order valence-electron chi connectivity index (χ0n) is 13.6. The number of aromatic nitrogens is 2. The Labute approximate surface area is 131 Å². The maximum Gasteiger partial charge on any atom is 0.317 e. The summed E-state index contributed by atoms with van der Waals surface area (Å²) >= 11 is 0. The highest BCUT2D eigenvalue weighted by atomic mass is 16.2. The van der Waals surface area contributed by atoms with Gasteiger partial charge in [0.05, 0.1) is 12.7 Å². The molecule has 0 saturated carbocycles. The van der Waals surface area contributed by atoms with E-state index in [0.29, 0.717) is 13.1 Å². The average Bonchev–Trinajstić information content (AvgIpc) is 2.90. The molecular formula is C16H23N5O. The molecule has 0 radical (unpaired) electrons. The Morgan fingerprint density at radius 3 is 2.68 bits per heavy atom. The maximum atomic E-state index is 12.1. The topological polar surface area (TPSA) is 53.4 Å². The van der Waals surface area contributed by atoms with Crippen LogP contribution in [0.1, 0.15) is 11.1 Å².